The molecule has 0 nitrogen and oxygen atoms in total. The summed E-state index contributed by atoms with van der Waals surface area (Å²) in [6.07, 6.45) is 10.0. The van der Waals surface area contributed by atoms with Gasteiger partial charge in [0.1, 0.15) is 0 Å². The van der Waals surface area contributed by atoms with Crippen molar-refractivity contribution in [3.8, 4) is 0 Å². The molecule has 2 atom stereocenters. The highest BCUT2D eigenvalue weighted by atomic mass is 32.0. The third-order valence-corrected chi connectivity index (χ3v) is 6.72. The molecule has 0 amide bonds. The second-order valence-electron chi connectivity index (χ2n) is 4.63. The van der Waals surface area contributed by atoms with Crippen LogP contribution in [0.3, 0.4) is 0 Å². The van der Waals surface area contributed by atoms with E-state index in [1.807, 2.05) is 0 Å². The fraction of sp³-hybridized carbons (Fsp3) is 0.600. The molecule has 0 aliphatic heterocycles. The molecule has 2 unspecified atom stereocenters. The quantitative estimate of drug-likeness (QED) is 0.423. The summed E-state index contributed by atoms with van der Waals surface area (Å²) >= 11 is 0. The molecule has 96 valence electrons. The number of hydrogen-bond acceptors (Lipinski definition) is 0. The molecule has 1 aromatic carbocycles. The van der Waals surface area contributed by atoms with Crippen LogP contribution in [0.2, 0.25) is 0 Å². The molecule has 0 bridgehead atoms. The molecular formula is C15H26P2. The number of hydrogen-bond donors (Lipinski definition) is 0. The third kappa shape index (κ3) is 7.17. The van der Waals surface area contributed by atoms with Gasteiger partial charge >= 0.3 is 0 Å². The molecule has 0 N–H and O–H groups in total. The Morgan fingerprint density at radius 3 is 2.41 bits per heavy atom. The van der Waals surface area contributed by atoms with Gasteiger partial charge in [-0.25, -0.2) is 0 Å². The zero-order chi connectivity index (χ0) is 12.3. The maximum Gasteiger partial charge on any atom is -0.0201 e. The highest BCUT2D eigenvalue weighted by Gasteiger charge is 1.96. The van der Waals surface area contributed by atoms with Crippen LogP contribution in [-0.2, 0) is 0 Å². The SMILES string of the molecule is CCCCCCCCPPc1ccccc1C. The molecule has 1 rings (SSSR count). The van der Waals surface area contributed by atoms with Crippen LogP contribution in [0, 0.1) is 6.92 Å². The molecule has 0 spiro atoms. The first kappa shape index (κ1) is 15.1. The van der Waals surface area contributed by atoms with E-state index in [0.29, 0.717) is 0 Å². The van der Waals surface area contributed by atoms with E-state index in [9.17, 15) is 0 Å². The van der Waals surface area contributed by atoms with Crippen molar-refractivity contribution in [3.05, 3.63) is 29.8 Å². The number of benzene rings is 1. The Labute approximate surface area is 110 Å². The lowest BCUT2D eigenvalue weighted by Gasteiger charge is -2.05. The lowest BCUT2D eigenvalue weighted by molar-refractivity contribution is 0.627. The first-order valence-electron chi connectivity index (χ1n) is 6.89. The van der Waals surface area contributed by atoms with Crippen LogP contribution in [0.15, 0.2) is 24.3 Å². The Kier molecular flexibility index (Phi) is 8.94. The van der Waals surface area contributed by atoms with Gasteiger partial charge in [-0.05, 0) is 30.4 Å². The van der Waals surface area contributed by atoms with Crippen molar-refractivity contribution >= 4 is 21.8 Å². The van der Waals surface area contributed by atoms with E-state index in [1.54, 1.807) is 5.30 Å². The summed E-state index contributed by atoms with van der Waals surface area (Å²) in [4.78, 5) is 0. The fourth-order valence-electron chi connectivity index (χ4n) is 1.86. The zero-order valence-corrected chi connectivity index (χ0v) is 13.3. The highest BCUT2D eigenvalue weighted by molar-refractivity contribution is 8.15. The van der Waals surface area contributed by atoms with E-state index in [-0.39, 0.29) is 0 Å². The molecule has 0 aliphatic carbocycles. The van der Waals surface area contributed by atoms with E-state index in [4.69, 9.17) is 0 Å². The minimum Gasteiger partial charge on any atom is -0.0946 e. The average Bonchev–Trinajstić information content (AvgIpc) is 2.35. The normalized spacial score (nSPS) is 12.1. The number of unbranched alkanes of at least 4 members (excludes halogenated alkanes) is 5. The second kappa shape index (κ2) is 10.0. The standard InChI is InChI=1S/C15H26P2/c1-3-4-5-6-7-10-13-16-17-15-12-9-8-11-14(15)2/h8-9,11-12,16-17H,3-7,10,13H2,1-2H3. The lowest BCUT2D eigenvalue weighted by atomic mass is 10.1. The van der Waals surface area contributed by atoms with Crippen LogP contribution >= 0.6 is 16.5 Å². The van der Waals surface area contributed by atoms with Gasteiger partial charge in [-0.15, -0.1) is 0 Å². The molecular weight excluding hydrogens is 242 g/mol. The molecule has 2 heteroatoms. The van der Waals surface area contributed by atoms with Gasteiger partial charge in [0.15, 0.2) is 0 Å². The number of rotatable bonds is 9. The van der Waals surface area contributed by atoms with E-state index in [1.165, 1.54) is 50.3 Å². The summed E-state index contributed by atoms with van der Waals surface area (Å²) in [5, 5.41) is 1.58. The van der Waals surface area contributed by atoms with Gasteiger partial charge in [0.25, 0.3) is 0 Å². The summed E-state index contributed by atoms with van der Waals surface area (Å²) in [6.45, 7) is 4.52. The maximum absolute atomic E-state index is 2.29. The molecule has 0 saturated carbocycles. The Balaban J connectivity index is 1.99. The van der Waals surface area contributed by atoms with Gasteiger partial charge in [0.05, 0.1) is 0 Å². The van der Waals surface area contributed by atoms with Crippen molar-refractivity contribution in [2.24, 2.45) is 0 Å². The van der Waals surface area contributed by atoms with Crippen molar-refractivity contribution in [2.45, 2.75) is 52.4 Å². The Bertz CT molecular complexity index is 297. The second-order valence-corrected chi connectivity index (χ2v) is 8.09. The monoisotopic (exact) mass is 268 g/mol. The summed E-state index contributed by atoms with van der Waals surface area (Å²) in [7, 11) is 2.19. The van der Waals surface area contributed by atoms with Gasteiger partial charge < -0.3 is 0 Å². The average molecular weight is 268 g/mol. The van der Waals surface area contributed by atoms with Gasteiger partial charge in [0, 0.05) is 0 Å². The van der Waals surface area contributed by atoms with Crippen LogP contribution in [-0.4, -0.2) is 6.16 Å². The molecule has 0 heterocycles. The Hall–Kier alpha value is 0.0800. The largest absolute Gasteiger partial charge is 0.0946 e. The molecule has 0 aliphatic rings. The molecule has 0 aromatic heterocycles. The Morgan fingerprint density at radius 1 is 0.941 bits per heavy atom. The number of aryl methyl sites for hydroxylation is 1. The molecule has 1 aromatic rings. The van der Waals surface area contributed by atoms with E-state index < -0.39 is 0 Å². The van der Waals surface area contributed by atoms with Crippen LogP contribution in [0.5, 0.6) is 0 Å². The maximum atomic E-state index is 2.29. The topological polar surface area (TPSA) is 0 Å². The smallest absolute Gasteiger partial charge is 0.0201 e. The van der Waals surface area contributed by atoms with Gasteiger partial charge in [0.2, 0.25) is 0 Å². The van der Waals surface area contributed by atoms with E-state index >= 15 is 0 Å². The predicted molar refractivity (Wildman–Crippen MR) is 85.7 cm³/mol. The van der Waals surface area contributed by atoms with E-state index in [2.05, 4.69) is 38.1 Å². The summed E-state index contributed by atoms with van der Waals surface area (Å²) in [5.74, 6) is 0. The van der Waals surface area contributed by atoms with E-state index in [0.717, 1.165) is 16.5 Å². The van der Waals surface area contributed by atoms with Crippen LogP contribution in [0.25, 0.3) is 0 Å². The molecule has 0 saturated heterocycles. The highest BCUT2D eigenvalue weighted by Crippen LogP contribution is 2.37. The third-order valence-electron chi connectivity index (χ3n) is 3.02. The summed E-state index contributed by atoms with van der Waals surface area (Å²) in [6, 6.07) is 8.84. The molecule has 17 heavy (non-hydrogen) atoms. The van der Waals surface area contributed by atoms with Gasteiger partial charge in [-0.2, -0.15) is 0 Å². The first-order valence-corrected chi connectivity index (χ1v) is 10.1. The zero-order valence-electron chi connectivity index (χ0n) is 11.3. The van der Waals surface area contributed by atoms with Crippen LogP contribution in [0.1, 0.15) is 51.0 Å². The summed E-state index contributed by atoms with van der Waals surface area (Å²) in [5.41, 5.74) is 1.47. The van der Waals surface area contributed by atoms with Crippen molar-refractivity contribution < 1.29 is 0 Å². The van der Waals surface area contributed by atoms with Crippen LogP contribution < -0.4 is 5.30 Å². The molecule has 0 radical (unpaired) electrons. The molecule has 0 fully saturated rings. The Morgan fingerprint density at radius 2 is 1.65 bits per heavy atom. The van der Waals surface area contributed by atoms with Crippen molar-refractivity contribution in [1.29, 1.82) is 0 Å². The first-order chi connectivity index (χ1) is 8.34. The lowest BCUT2D eigenvalue weighted by Crippen LogP contribution is -1.96. The van der Waals surface area contributed by atoms with Crippen molar-refractivity contribution in [2.75, 3.05) is 6.16 Å². The summed E-state index contributed by atoms with van der Waals surface area (Å²) < 4.78 is 0. The van der Waals surface area contributed by atoms with Gasteiger partial charge in [-0.1, -0.05) is 79.8 Å². The predicted octanol–water partition coefficient (Wildman–Crippen LogP) is 5.25. The minimum absolute atomic E-state index is 1.04. The minimum atomic E-state index is 1.04. The van der Waals surface area contributed by atoms with Crippen LogP contribution in [0.4, 0.5) is 0 Å². The fourth-order valence-corrected chi connectivity index (χ4v) is 5.39. The van der Waals surface area contributed by atoms with Crippen molar-refractivity contribution in [3.63, 3.8) is 0 Å². The van der Waals surface area contributed by atoms with Crippen molar-refractivity contribution in [1.82, 2.24) is 0 Å². The van der Waals surface area contributed by atoms with Gasteiger partial charge in [-0.3, -0.25) is 0 Å².